The van der Waals surface area contributed by atoms with E-state index < -0.39 is 0 Å². The zero-order chi connectivity index (χ0) is 13.0. The molecule has 2 aromatic rings. The van der Waals surface area contributed by atoms with Gasteiger partial charge in [0.15, 0.2) is 0 Å². The summed E-state index contributed by atoms with van der Waals surface area (Å²) in [6, 6.07) is 10.2. The van der Waals surface area contributed by atoms with E-state index in [1.807, 2.05) is 22.9 Å². The van der Waals surface area contributed by atoms with Crippen LogP contribution in [-0.4, -0.2) is 15.0 Å². The summed E-state index contributed by atoms with van der Waals surface area (Å²) in [5, 5.41) is 17.0. The van der Waals surface area contributed by atoms with Crippen molar-refractivity contribution >= 4 is 15.9 Å². The Morgan fingerprint density at radius 3 is 2.83 bits per heavy atom. The number of halogens is 1. The van der Waals surface area contributed by atoms with Crippen molar-refractivity contribution in [1.29, 1.82) is 5.26 Å². The van der Waals surface area contributed by atoms with E-state index in [1.54, 1.807) is 0 Å². The second kappa shape index (κ2) is 5.78. The van der Waals surface area contributed by atoms with Crippen LogP contribution < -0.4 is 0 Å². The number of benzene rings is 1. The van der Waals surface area contributed by atoms with Crippen LogP contribution in [0.3, 0.4) is 0 Å². The van der Waals surface area contributed by atoms with E-state index in [9.17, 15) is 0 Å². The van der Waals surface area contributed by atoms with Crippen molar-refractivity contribution in [3.8, 4) is 6.07 Å². The van der Waals surface area contributed by atoms with E-state index in [2.05, 4.69) is 45.3 Å². The minimum Gasteiger partial charge on any atom is -0.245 e. The molecule has 0 amide bonds. The molecule has 0 saturated heterocycles. The van der Waals surface area contributed by atoms with Crippen molar-refractivity contribution in [2.75, 3.05) is 0 Å². The maximum Gasteiger partial charge on any atom is 0.0999 e. The lowest BCUT2D eigenvalue weighted by Gasteiger charge is -2.07. The molecule has 1 heterocycles. The minimum absolute atomic E-state index is 0.319. The molecule has 18 heavy (non-hydrogen) atoms. The van der Waals surface area contributed by atoms with Crippen molar-refractivity contribution in [3.05, 3.63) is 45.7 Å². The van der Waals surface area contributed by atoms with Crippen LogP contribution in [0.5, 0.6) is 0 Å². The Morgan fingerprint density at radius 1 is 1.39 bits per heavy atom. The van der Waals surface area contributed by atoms with E-state index in [1.165, 1.54) is 0 Å². The van der Waals surface area contributed by atoms with Crippen LogP contribution in [0.25, 0.3) is 0 Å². The maximum absolute atomic E-state index is 8.75. The highest BCUT2D eigenvalue weighted by Gasteiger charge is 2.11. The van der Waals surface area contributed by atoms with Crippen LogP contribution in [0.1, 0.15) is 23.9 Å². The SMILES string of the molecule is CCc1c(CC#N)nnn1Cc1ccccc1Br. The summed E-state index contributed by atoms with van der Waals surface area (Å²) in [6.45, 7) is 2.72. The Hall–Kier alpha value is -1.67. The second-order valence-electron chi connectivity index (χ2n) is 3.92. The summed E-state index contributed by atoms with van der Waals surface area (Å²) >= 11 is 3.52. The zero-order valence-corrected chi connectivity index (χ0v) is 11.7. The third-order valence-electron chi connectivity index (χ3n) is 2.78. The molecule has 0 bridgehead atoms. The first-order valence-electron chi connectivity index (χ1n) is 5.77. The van der Waals surface area contributed by atoms with Gasteiger partial charge in [-0.1, -0.05) is 46.3 Å². The number of nitrogens with zero attached hydrogens (tertiary/aromatic N) is 4. The van der Waals surface area contributed by atoms with Gasteiger partial charge in [-0.2, -0.15) is 5.26 Å². The van der Waals surface area contributed by atoms with Gasteiger partial charge >= 0.3 is 0 Å². The molecule has 92 valence electrons. The summed E-state index contributed by atoms with van der Waals surface area (Å²) in [5.41, 5.74) is 2.97. The Morgan fingerprint density at radius 2 is 2.17 bits per heavy atom. The van der Waals surface area contributed by atoms with E-state index in [-0.39, 0.29) is 0 Å². The molecule has 1 aromatic heterocycles. The fraction of sp³-hybridized carbons (Fsp3) is 0.308. The molecule has 0 N–H and O–H groups in total. The van der Waals surface area contributed by atoms with Gasteiger partial charge in [-0.15, -0.1) is 5.10 Å². The van der Waals surface area contributed by atoms with E-state index in [4.69, 9.17) is 5.26 Å². The van der Waals surface area contributed by atoms with Crippen LogP contribution in [0, 0.1) is 11.3 Å². The number of hydrogen-bond acceptors (Lipinski definition) is 3. The standard InChI is InChI=1S/C13H13BrN4/c1-2-13-12(7-8-15)16-17-18(13)9-10-5-3-4-6-11(10)14/h3-6H,2,7,9H2,1H3. The van der Waals surface area contributed by atoms with E-state index in [0.717, 1.165) is 27.8 Å². The number of nitriles is 1. The lowest BCUT2D eigenvalue weighted by Crippen LogP contribution is -2.07. The molecule has 0 spiro atoms. The van der Waals surface area contributed by atoms with Crippen molar-refractivity contribution in [3.63, 3.8) is 0 Å². The molecule has 4 nitrogen and oxygen atoms in total. The second-order valence-corrected chi connectivity index (χ2v) is 4.77. The van der Waals surface area contributed by atoms with Gasteiger partial charge in [0, 0.05) is 4.47 Å². The molecule has 0 fully saturated rings. The molecule has 5 heteroatoms. The zero-order valence-electron chi connectivity index (χ0n) is 10.1. The molecule has 1 aromatic carbocycles. The Kier molecular flexibility index (Phi) is 4.11. The highest BCUT2D eigenvalue weighted by Crippen LogP contribution is 2.18. The third-order valence-corrected chi connectivity index (χ3v) is 3.55. The first kappa shape index (κ1) is 12.8. The molecule has 0 radical (unpaired) electrons. The highest BCUT2D eigenvalue weighted by molar-refractivity contribution is 9.10. The smallest absolute Gasteiger partial charge is 0.0999 e. The van der Waals surface area contributed by atoms with Crippen molar-refractivity contribution < 1.29 is 0 Å². The van der Waals surface area contributed by atoms with Gasteiger partial charge in [0.05, 0.1) is 30.4 Å². The normalized spacial score (nSPS) is 10.3. The Labute approximate surface area is 114 Å². The minimum atomic E-state index is 0.319. The predicted octanol–water partition coefficient (Wildman–Crippen LogP) is 2.72. The molecule has 0 aliphatic carbocycles. The van der Waals surface area contributed by atoms with Crippen LogP contribution >= 0.6 is 15.9 Å². The van der Waals surface area contributed by atoms with Gasteiger partial charge in [0.25, 0.3) is 0 Å². The Bertz CT molecular complexity index is 583. The Balaban J connectivity index is 2.30. The summed E-state index contributed by atoms with van der Waals surface area (Å²) < 4.78 is 2.93. The first-order valence-corrected chi connectivity index (χ1v) is 6.57. The highest BCUT2D eigenvalue weighted by atomic mass is 79.9. The molecule has 0 atom stereocenters. The predicted molar refractivity (Wildman–Crippen MR) is 72.0 cm³/mol. The molecule has 0 aliphatic rings. The molecular weight excluding hydrogens is 292 g/mol. The number of rotatable bonds is 4. The fourth-order valence-corrected chi connectivity index (χ4v) is 2.29. The van der Waals surface area contributed by atoms with Crippen LogP contribution in [-0.2, 0) is 19.4 Å². The number of aromatic nitrogens is 3. The molecule has 0 unspecified atom stereocenters. The molecular formula is C13H13BrN4. The van der Waals surface area contributed by atoms with Gasteiger partial charge in [-0.25, -0.2) is 4.68 Å². The fourth-order valence-electron chi connectivity index (χ4n) is 1.88. The summed E-state index contributed by atoms with van der Waals surface area (Å²) in [6.07, 6.45) is 1.15. The van der Waals surface area contributed by atoms with Crippen molar-refractivity contribution in [2.45, 2.75) is 26.3 Å². The molecule has 2 rings (SSSR count). The lowest BCUT2D eigenvalue weighted by molar-refractivity contribution is 0.620. The lowest BCUT2D eigenvalue weighted by atomic mass is 10.2. The van der Waals surface area contributed by atoms with Crippen molar-refractivity contribution in [1.82, 2.24) is 15.0 Å². The van der Waals surface area contributed by atoms with E-state index >= 15 is 0 Å². The monoisotopic (exact) mass is 304 g/mol. The van der Waals surface area contributed by atoms with Crippen LogP contribution in [0.15, 0.2) is 28.7 Å². The average Bonchev–Trinajstić information content (AvgIpc) is 2.75. The molecule has 0 saturated carbocycles. The topological polar surface area (TPSA) is 54.5 Å². The summed E-state index contributed by atoms with van der Waals surface area (Å²) in [4.78, 5) is 0. The maximum atomic E-state index is 8.75. The third kappa shape index (κ3) is 2.59. The van der Waals surface area contributed by atoms with Gasteiger partial charge in [0.2, 0.25) is 0 Å². The molecule has 0 aliphatic heterocycles. The number of hydrogen-bond donors (Lipinski definition) is 0. The van der Waals surface area contributed by atoms with Crippen LogP contribution in [0.2, 0.25) is 0 Å². The van der Waals surface area contributed by atoms with Gasteiger partial charge in [0.1, 0.15) is 0 Å². The van der Waals surface area contributed by atoms with E-state index in [0.29, 0.717) is 13.0 Å². The van der Waals surface area contributed by atoms with Crippen molar-refractivity contribution in [2.24, 2.45) is 0 Å². The quantitative estimate of drug-likeness (QED) is 0.872. The first-order chi connectivity index (χ1) is 8.76. The average molecular weight is 305 g/mol. The van der Waals surface area contributed by atoms with Crippen LogP contribution in [0.4, 0.5) is 0 Å². The summed E-state index contributed by atoms with van der Waals surface area (Å²) in [7, 11) is 0. The van der Waals surface area contributed by atoms with Gasteiger partial charge in [-0.05, 0) is 18.1 Å². The summed E-state index contributed by atoms with van der Waals surface area (Å²) in [5.74, 6) is 0. The van der Waals surface area contributed by atoms with Gasteiger partial charge < -0.3 is 0 Å². The largest absolute Gasteiger partial charge is 0.245 e. The van der Waals surface area contributed by atoms with Gasteiger partial charge in [-0.3, -0.25) is 0 Å².